The van der Waals surface area contributed by atoms with E-state index in [-0.39, 0.29) is 11.1 Å². The van der Waals surface area contributed by atoms with Gasteiger partial charge in [-0.3, -0.25) is 4.79 Å². The summed E-state index contributed by atoms with van der Waals surface area (Å²) in [7, 11) is 0. The molecule has 0 saturated carbocycles. The van der Waals surface area contributed by atoms with Crippen molar-refractivity contribution in [2.75, 3.05) is 5.32 Å². The second-order valence-corrected chi connectivity index (χ2v) is 5.17. The average molecular weight is 349 g/mol. The fourth-order valence-corrected chi connectivity index (χ4v) is 1.88. The van der Waals surface area contributed by atoms with Gasteiger partial charge in [0.05, 0.1) is 16.9 Å². The number of hydrogen-bond donors (Lipinski definition) is 2. The van der Waals surface area contributed by atoms with Crippen molar-refractivity contribution >= 4 is 50.7 Å². The molecule has 0 saturated heterocycles. The van der Waals surface area contributed by atoms with E-state index in [1.54, 1.807) is 12.3 Å². The van der Waals surface area contributed by atoms with Crippen molar-refractivity contribution in [2.45, 2.75) is 6.92 Å². The number of aromatic nitrogens is 2. The summed E-state index contributed by atoms with van der Waals surface area (Å²) in [4.78, 5) is 18.6. The maximum absolute atomic E-state index is 11.9. The zero-order valence-corrected chi connectivity index (χ0v) is 12.3. The standard InChI is InChI=1S/C11H8BrCl2N3O/c1-5-2-6(4-15-9(5)12)16-11(18)8-3-7(13)10(14)17-8/h2-4,17H,1H3,(H,16,18). The molecule has 2 N–H and O–H groups in total. The lowest BCUT2D eigenvalue weighted by molar-refractivity contribution is 0.102. The first-order chi connectivity index (χ1) is 8.47. The molecule has 2 rings (SSSR count). The Bertz CT molecular complexity index is 593. The normalized spacial score (nSPS) is 10.4. The second kappa shape index (κ2) is 5.30. The number of hydrogen-bond acceptors (Lipinski definition) is 2. The second-order valence-electron chi connectivity index (χ2n) is 3.63. The fraction of sp³-hybridized carbons (Fsp3) is 0.0909. The molecule has 18 heavy (non-hydrogen) atoms. The summed E-state index contributed by atoms with van der Waals surface area (Å²) in [6, 6.07) is 3.28. The van der Waals surface area contributed by atoms with Crippen LogP contribution < -0.4 is 5.32 Å². The molecule has 0 unspecified atom stereocenters. The fourth-order valence-electron chi connectivity index (χ4n) is 1.35. The van der Waals surface area contributed by atoms with E-state index in [0.717, 1.165) is 10.2 Å². The third-order valence-corrected chi connectivity index (χ3v) is 3.77. The van der Waals surface area contributed by atoms with Gasteiger partial charge in [0, 0.05) is 0 Å². The molecule has 2 heterocycles. The Labute approximate surface area is 122 Å². The number of amides is 1. The van der Waals surface area contributed by atoms with E-state index in [0.29, 0.717) is 16.4 Å². The molecule has 1 amide bonds. The van der Waals surface area contributed by atoms with Gasteiger partial charge in [-0.15, -0.1) is 0 Å². The van der Waals surface area contributed by atoms with Crippen molar-refractivity contribution in [2.24, 2.45) is 0 Å². The number of nitrogens with one attached hydrogen (secondary N) is 2. The van der Waals surface area contributed by atoms with Crippen LogP contribution in [0.4, 0.5) is 5.69 Å². The summed E-state index contributed by atoms with van der Waals surface area (Å²) in [5.74, 6) is -0.327. The lowest BCUT2D eigenvalue weighted by Crippen LogP contribution is -2.12. The minimum Gasteiger partial charge on any atom is -0.340 e. The van der Waals surface area contributed by atoms with E-state index >= 15 is 0 Å². The van der Waals surface area contributed by atoms with Crippen LogP contribution in [0, 0.1) is 6.92 Å². The number of carbonyl (C=O) groups excluding carboxylic acids is 1. The number of aryl methyl sites for hydroxylation is 1. The first-order valence-electron chi connectivity index (χ1n) is 4.95. The molecule has 2 aromatic heterocycles. The summed E-state index contributed by atoms with van der Waals surface area (Å²) >= 11 is 14.8. The van der Waals surface area contributed by atoms with Crippen LogP contribution in [0.25, 0.3) is 0 Å². The van der Waals surface area contributed by atoms with E-state index in [2.05, 4.69) is 31.2 Å². The molecule has 0 aliphatic carbocycles. The lowest BCUT2D eigenvalue weighted by atomic mass is 10.3. The summed E-state index contributed by atoms with van der Waals surface area (Å²) in [6.07, 6.45) is 1.56. The van der Waals surface area contributed by atoms with Gasteiger partial charge in [0.15, 0.2) is 0 Å². The highest BCUT2D eigenvalue weighted by molar-refractivity contribution is 9.10. The lowest BCUT2D eigenvalue weighted by Gasteiger charge is -2.05. The first-order valence-corrected chi connectivity index (χ1v) is 6.50. The largest absolute Gasteiger partial charge is 0.340 e. The Morgan fingerprint density at radius 2 is 2.17 bits per heavy atom. The van der Waals surface area contributed by atoms with Gasteiger partial charge in [-0.1, -0.05) is 23.2 Å². The molecule has 4 nitrogen and oxygen atoms in total. The van der Waals surface area contributed by atoms with Crippen LogP contribution in [0.15, 0.2) is 22.9 Å². The molecule has 0 spiro atoms. The molecule has 0 radical (unpaired) electrons. The number of rotatable bonds is 2. The predicted octanol–water partition coefficient (Wildman–Crippen LogP) is 4.04. The van der Waals surface area contributed by atoms with Crippen molar-refractivity contribution in [3.05, 3.63) is 44.4 Å². The highest BCUT2D eigenvalue weighted by Crippen LogP contribution is 2.23. The number of nitrogens with zero attached hydrogens (tertiary/aromatic N) is 1. The van der Waals surface area contributed by atoms with Gasteiger partial charge in [-0.05, 0) is 40.5 Å². The monoisotopic (exact) mass is 347 g/mol. The third-order valence-electron chi connectivity index (χ3n) is 2.24. The van der Waals surface area contributed by atoms with Crippen molar-refractivity contribution in [1.29, 1.82) is 0 Å². The van der Waals surface area contributed by atoms with Gasteiger partial charge in [0.2, 0.25) is 0 Å². The Balaban J connectivity index is 2.18. The molecule has 0 bridgehead atoms. The van der Waals surface area contributed by atoms with E-state index in [9.17, 15) is 4.79 Å². The zero-order valence-electron chi connectivity index (χ0n) is 9.22. The topological polar surface area (TPSA) is 57.8 Å². The van der Waals surface area contributed by atoms with Gasteiger partial charge in [-0.2, -0.15) is 0 Å². The first kappa shape index (κ1) is 13.4. The van der Waals surface area contributed by atoms with Crippen molar-refractivity contribution < 1.29 is 4.79 Å². The Hall–Kier alpha value is -1.04. The van der Waals surface area contributed by atoms with Gasteiger partial charge < -0.3 is 10.3 Å². The zero-order chi connectivity index (χ0) is 13.3. The SMILES string of the molecule is Cc1cc(NC(=O)c2cc(Cl)c(Cl)[nH]2)cnc1Br. The van der Waals surface area contributed by atoms with Crippen molar-refractivity contribution in [3.63, 3.8) is 0 Å². The molecule has 2 aromatic rings. The quantitative estimate of drug-likeness (QED) is 0.804. The summed E-state index contributed by atoms with van der Waals surface area (Å²) in [6.45, 7) is 1.88. The predicted molar refractivity (Wildman–Crippen MR) is 75.4 cm³/mol. The van der Waals surface area contributed by atoms with Crippen LogP contribution in [0.2, 0.25) is 10.2 Å². The molecule has 0 atom stereocenters. The van der Waals surface area contributed by atoms with Gasteiger partial charge in [0.25, 0.3) is 5.91 Å². The van der Waals surface area contributed by atoms with Gasteiger partial charge in [-0.25, -0.2) is 4.98 Å². The van der Waals surface area contributed by atoms with Crippen molar-refractivity contribution in [1.82, 2.24) is 9.97 Å². The Kier molecular flexibility index (Phi) is 3.94. The molecular weight excluding hydrogens is 341 g/mol. The summed E-state index contributed by atoms with van der Waals surface area (Å²) < 4.78 is 0.742. The highest BCUT2D eigenvalue weighted by Gasteiger charge is 2.12. The van der Waals surface area contributed by atoms with E-state index in [1.165, 1.54) is 6.07 Å². The number of halogens is 3. The maximum Gasteiger partial charge on any atom is 0.272 e. The molecule has 7 heteroatoms. The van der Waals surface area contributed by atoms with Crippen LogP contribution in [0.3, 0.4) is 0 Å². The number of anilines is 1. The number of carbonyl (C=O) groups is 1. The molecule has 0 aliphatic rings. The minimum atomic E-state index is -0.327. The Morgan fingerprint density at radius 3 is 2.72 bits per heavy atom. The smallest absolute Gasteiger partial charge is 0.272 e. The van der Waals surface area contributed by atoms with E-state index < -0.39 is 0 Å². The van der Waals surface area contributed by atoms with Crippen LogP contribution in [0.5, 0.6) is 0 Å². The van der Waals surface area contributed by atoms with Crippen LogP contribution in [-0.4, -0.2) is 15.9 Å². The van der Waals surface area contributed by atoms with Crippen LogP contribution in [0.1, 0.15) is 16.1 Å². The van der Waals surface area contributed by atoms with Crippen LogP contribution >= 0.6 is 39.1 Å². The maximum atomic E-state index is 11.9. The molecule has 94 valence electrons. The number of aromatic amines is 1. The summed E-state index contributed by atoms with van der Waals surface area (Å²) in [5, 5.41) is 3.25. The number of H-pyrrole nitrogens is 1. The highest BCUT2D eigenvalue weighted by atomic mass is 79.9. The van der Waals surface area contributed by atoms with Gasteiger partial charge >= 0.3 is 0 Å². The molecule has 0 aliphatic heterocycles. The third kappa shape index (κ3) is 2.85. The number of pyridine rings is 1. The average Bonchev–Trinajstić information content (AvgIpc) is 2.65. The van der Waals surface area contributed by atoms with Crippen molar-refractivity contribution in [3.8, 4) is 0 Å². The van der Waals surface area contributed by atoms with E-state index in [1.807, 2.05) is 6.92 Å². The van der Waals surface area contributed by atoms with E-state index in [4.69, 9.17) is 23.2 Å². The van der Waals surface area contributed by atoms with Crippen LogP contribution in [-0.2, 0) is 0 Å². The van der Waals surface area contributed by atoms with Gasteiger partial charge in [0.1, 0.15) is 15.5 Å². The summed E-state index contributed by atoms with van der Waals surface area (Å²) in [5.41, 5.74) is 1.82. The minimum absolute atomic E-state index is 0.243. The Morgan fingerprint density at radius 1 is 1.44 bits per heavy atom. The molecule has 0 fully saturated rings. The molecular formula is C11H8BrCl2N3O. The molecule has 0 aromatic carbocycles.